The van der Waals surface area contributed by atoms with Gasteiger partial charge in [0, 0.05) is 5.54 Å². The normalized spacial score (nSPS) is 29.3. The summed E-state index contributed by atoms with van der Waals surface area (Å²) in [6, 6.07) is 5.77. The molecule has 0 heterocycles. The van der Waals surface area contributed by atoms with E-state index < -0.39 is 0 Å². The average Bonchev–Trinajstić information content (AvgIpc) is 2.32. The second kappa shape index (κ2) is 5.17. The Labute approximate surface area is 113 Å². The van der Waals surface area contributed by atoms with Crippen molar-refractivity contribution >= 4 is 23.2 Å². The maximum absolute atomic E-state index is 6.57. The Kier molecular flexibility index (Phi) is 4.02. The van der Waals surface area contributed by atoms with Gasteiger partial charge in [-0.2, -0.15) is 0 Å². The molecule has 0 aliphatic heterocycles. The maximum atomic E-state index is 6.57. The van der Waals surface area contributed by atoms with E-state index >= 15 is 0 Å². The lowest BCUT2D eigenvalue weighted by atomic mass is 9.72. The highest BCUT2D eigenvalue weighted by Crippen LogP contribution is 2.43. The van der Waals surface area contributed by atoms with E-state index in [4.69, 9.17) is 28.9 Å². The standard InChI is InChI=1S/C14H19Cl2N/c1-2-10-5-4-8-14(17,9-10)11-6-3-7-12(15)13(11)16/h3,6-7,10H,2,4-5,8-9,17H2,1H3. The zero-order valence-corrected chi connectivity index (χ0v) is 11.7. The van der Waals surface area contributed by atoms with E-state index in [2.05, 4.69) is 6.92 Å². The van der Waals surface area contributed by atoms with Crippen LogP contribution < -0.4 is 5.73 Å². The van der Waals surface area contributed by atoms with Crippen LogP contribution >= 0.6 is 23.2 Å². The fourth-order valence-corrected chi connectivity index (χ4v) is 3.40. The van der Waals surface area contributed by atoms with Crippen molar-refractivity contribution in [3.05, 3.63) is 33.8 Å². The Bertz CT molecular complexity index is 405. The van der Waals surface area contributed by atoms with Gasteiger partial charge in [0.05, 0.1) is 10.0 Å². The van der Waals surface area contributed by atoms with Gasteiger partial charge >= 0.3 is 0 Å². The van der Waals surface area contributed by atoms with Crippen LogP contribution in [-0.2, 0) is 5.54 Å². The fraction of sp³-hybridized carbons (Fsp3) is 0.571. The molecule has 17 heavy (non-hydrogen) atoms. The van der Waals surface area contributed by atoms with Crippen molar-refractivity contribution < 1.29 is 0 Å². The molecule has 0 amide bonds. The highest BCUT2D eigenvalue weighted by Gasteiger charge is 2.35. The van der Waals surface area contributed by atoms with E-state index in [9.17, 15) is 0 Å². The molecule has 0 bridgehead atoms. The van der Waals surface area contributed by atoms with Crippen LogP contribution in [0.1, 0.15) is 44.6 Å². The summed E-state index contributed by atoms with van der Waals surface area (Å²) in [5.74, 6) is 0.712. The highest BCUT2D eigenvalue weighted by molar-refractivity contribution is 6.42. The number of hydrogen-bond acceptors (Lipinski definition) is 1. The van der Waals surface area contributed by atoms with Crippen LogP contribution in [0.25, 0.3) is 0 Å². The van der Waals surface area contributed by atoms with Gasteiger partial charge in [0.25, 0.3) is 0 Å². The summed E-state index contributed by atoms with van der Waals surface area (Å²) in [6.45, 7) is 2.23. The monoisotopic (exact) mass is 271 g/mol. The van der Waals surface area contributed by atoms with Gasteiger partial charge in [0.2, 0.25) is 0 Å². The lowest BCUT2D eigenvalue weighted by Crippen LogP contribution is -2.41. The van der Waals surface area contributed by atoms with Gasteiger partial charge in [-0.1, -0.05) is 61.5 Å². The molecule has 1 saturated carbocycles. The molecule has 0 spiro atoms. The number of halogens is 2. The molecule has 2 N–H and O–H groups in total. The highest BCUT2D eigenvalue weighted by atomic mass is 35.5. The number of hydrogen-bond donors (Lipinski definition) is 1. The molecule has 0 radical (unpaired) electrons. The van der Waals surface area contributed by atoms with Crippen molar-refractivity contribution in [3.63, 3.8) is 0 Å². The molecule has 1 aromatic rings. The largest absolute Gasteiger partial charge is 0.321 e. The molecule has 3 heteroatoms. The Balaban J connectivity index is 2.33. The zero-order valence-electron chi connectivity index (χ0n) is 10.2. The minimum absolute atomic E-state index is 0.291. The smallest absolute Gasteiger partial charge is 0.0642 e. The Morgan fingerprint density at radius 1 is 1.41 bits per heavy atom. The number of benzene rings is 1. The van der Waals surface area contributed by atoms with Crippen molar-refractivity contribution in [2.75, 3.05) is 0 Å². The van der Waals surface area contributed by atoms with Crippen molar-refractivity contribution in [1.82, 2.24) is 0 Å². The summed E-state index contributed by atoms with van der Waals surface area (Å²) in [5, 5.41) is 1.24. The topological polar surface area (TPSA) is 26.0 Å². The van der Waals surface area contributed by atoms with Gasteiger partial charge in [0.15, 0.2) is 0 Å². The second-order valence-electron chi connectivity index (χ2n) is 5.13. The van der Waals surface area contributed by atoms with Crippen molar-refractivity contribution in [1.29, 1.82) is 0 Å². The molecule has 0 aromatic heterocycles. The van der Waals surface area contributed by atoms with E-state index in [-0.39, 0.29) is 5.54 Å². The van der Waals surface area contributed by atoms with E-state index in [0.717, 1.165) is 18.4 Å². The first-order valence-electron chi connectivity index (χ1n) is 6.30. The van der Waals surface area contributed by atoms with E-state index in [0.29, 0.717) is 16.0 Å². The SMILES string of the molecule is CCC1CCCC(N)(c2cccc(Cl)c2Cl)C1. The first-order valence-corrected chi connectivity index (χ1v) is 7.06. The van der Waals surface area contributed by atoms with E-state index in [1.165, 1.54) is 19.3 Å². The van der Waals surface area contributed by atoms with Gasteiger partial charge in [-0.05, 0) is 30.4 Å². The van der Waals surface area contributed by atoms with E-state index in [1.807, 2.05) is 18.2 Å². The van der Waals surface area contributed by atoms with Gasteiger partial charge in [0.1, 0.15) is 0 Å². The molecule has 1 aliphatic carbocycles. The van der Waals surface area contributed by atoms with Gasteiger partial charge in [-0.15, -0.1) is 0 Å². The molecule has 1 aliphatic rings. The number of rotatable bonds is 2. The molecular formula is C14H19Cl2N. The summed E-state index contributed by atoms with van der Waals surface area (Å²) in [4.78, 5) is 0. The molecule has 1 fully saturated rings. The van der Waals surface area contributed by atoms with Gasteiger partial charge in [-0.25, -0.2) is 0 Å². The quantitative estimate of drug-likeness (QED) is 0.826. The van der Waals surface area contributed by atoms with Crippen LogP contribution in [0.4, 0.5) is 0 Å². The molecule has 2 rings (SSSR count). The molecule has 0 saturated heterocycles. The zero-order chi connectivity index (χ0) is 12.5. The Morgan fingerprint density at radius 2 is 2.18 bits per heavy atom. The summed E-state index contributed by atoms with van der Waals surface area (Å²) in [5.41, 5.74) is 7.30. The predicted octanol–water partition coefficient (Wildman–Crippen LogP) is 4.75. The molecule has 94 valence electrons. The lowest BCUT2D eigenvalue weighted by Gasteiger charge is -2.38. The summed E-state index contributed by atoms with van der Waals surface area (Å²) >= 11 is 12.4. The minimum atomic E-state index is -0.291. The Morgan fingerprint density at radius 3 is 2.88 bits per heavy atom. The molecule has 1 nitrogen and oxygen atoms in total. The molecule has 2 unspecified atom stereocenters. The summed E-state index contributed by atoms with van der Waals surface area (Å²) in [7, 11) is 0. The predicted molar refractivity (Wildman–Crippen MR) is 74.6 cm³/mol. The van der Waals surface area contributed by atoms with Gasteiger partial charge < -0.3 is 5.73 Å². The van der Waals surface area contributed by atoms with Crippen molar-refractivity contribution in [3.8, 4) is 0 Å². The van der Waals surface area contributed by atoms with Gasteiger partial charge in [-0.3, -0.25) is 0 Å². The Hall–Kier alpha value is -0.240. The van der Waals surface area contributed by atoms with Crippen LogP contribution in [0.15, 0.2) is 18.2 Å². The van der Waals surface area contributed by atoms with E-state index in [1.54, 1.807) is 0 Å². The summed E-state index contributed by atoms with van der Waals surface area (Å²) in [6.07, 6.45) is 5.68. The van der Waals surface area contributed by atoms with Crippen molar-refractivity contribution in [2.45, 2.75) is 44.6 Å². The third-order valence-corrected chi connectivity index (χ3v) is 4.77. The van der Waals surface area contributed by atoms with Crippen LogP contribution in [-0.4, -0.2) is 0 Å². The molecule has 2 atom stereocenters. The first-order chi connectivity index (χ1) is 8.07. The maximum Gasteiger partial charge on any atom is 0.0642 e. The van der Waals surface area contributed by atoms with Crippen LogP contribution in [0.3, 0.4) is 0 Å². The summed E-state index contributed by atoms with van der Waals surface area (Å²) < 4.78 is 0. The van der Waals surface area contributed by atoms with Crippen molar-refractivity contribution in [2.24, 2.45) is 11.7 Å². The fourth-order valence-electron chi connectivity index (χ4n) is 2.91. The minimum Gasteiger partial charge on any atom is -0.321 e. The second-order valence-corrected chi connectivity index (χ2v) is 5.91. The number of nitrogens with two attached hydrogens (primary N) is 1. The first kappa shape index (κ1) is 13.2. The van der Waals surface area contributed by atoms with Crippen LogP contribution in [0, 0.1) is 5.92 Å². The molecule has 1 aromatic carbocycles. The average molecular weight is 272 g/mol. The third-order valence-electron chi connectivity index (χ3n) is 3.95. The van der Waals surface area contributed by atoms with Crippen LogP contribution in [0.5, 0.6) is 0 Å². The molecular weight excluding hydrogens is 253 g/mol. The lowest BCUT2D eigenvalue weighted by molar-refractivity contribution is 0.221. The third kappa shape index (κ3) is 2.62. The van der Waals surface area contributed by atoms with Crippen LogP contribution in [0.2, 0.25) is 10.0 Å².